The van der Waals surface area contributed by atoms with E-state index in [2.05, 4.69) is 15.9 Å². The Morgan fingerprint density at radius 2 is 2.09 bits per heavy atom. The Morgan fingerprint density at radius 1 is 1.45 bits per heavy atom. The third-order valence-corrected chi connectivity index (χ3v) is 6.11. The molecule has 1 N–H and O–H groups in total. The quantitative estimate of drug-likeness (QED) is 0.615. The van der Waals surface area contributed by atoms with E-state index in [9.17, 15) is 23.3 Å². The smallest absolute Gasteiger partial charge is 0.308 e. The number of rotatable bonds is 4. The molecule has 120 valence electrons. The van der Waals surface area contributed by atoms with Crippen LogP contribution in [0.4, 0.5) is 5.69 Å². The van der Waals surface area contributed by atoms with Crippen molar-refractivity contribution in [3.63, 3.8) is 0 Å². The number of sulfonamides is 1. The molecule has 0 aliphatic carbocycles. The Balaban J connectivity index is 2.34. The lowest BCUT2D eigenvalue weighted by Crippen LogP contribution is -2.30. The Morgan fingerprint density at radius 3 is 2.55 bits per heavy atom. The van der Waals surface area contributed by atoms with Crippen LogP contribution in [-0.2, 0) is 14.8 Å². The molecule has 0 aromatic heterocycles. The number of carboxylic acid groups (broad SMARTS) is 1. The average Bonchev–Trinajstić information content (AvgIpc) is 2.81. The number of carboxylic acids is 1. The van der Waals surface area contributed by atoms with Crippen LogP contribution in [0.2, 0.25) is 0 Å². The van der Waals surface area contributed by atoms with Crippen LogP contribution in [0.25, 0.3) is 0 Å². The standard InChI is InChI=1S/C12H13BrN2O6S/c1-7-5-14(6-9(7)12(16)17)22(20,21)8-2-3-11(15(18)19)10(13)4-8/h2-4,7,9H,5-6H2,1H3,(H,16,17)/t7-,9-/m1/s1. The Labute approximate surface area is 135 Å². The van der Waals surface area contributed by atoms with Crippen molar-refractivity contribution >= 4 is 37.6 Å². The highest BCUT2D eigenvalue weighted by molar-refractivity contribution is 9.10. The number of hydrogen-bond acceptors (Lipinski definition) is 5. The highest BCUT2D eigenvalue weighted by atomic mass is 79.9. The summed E-state index contributed by atoms with van der Waals surface area (Å²) in [5.74, 6) is -2.08. The van der Waals surface area contributed by atoms with Gasteiger partial charge in [0.05, 0.1) is 20.2 Å². The van der Waals surface area contributed by atoms with Crippen LogP contribution >= 0.6 is 15.9 Å². The molecule has 0 unspecified atom stereocenters. The molecule has 1 saturated heterocycles. The molecule has 10 heteroatoms. The fraction of sp³-hybridized carbons (Fsp3) is 0.417. The van der Waals surface area contributed by atoms with E-state index in [1.165, 1.54) is 0 Å². The van der Waals surface area contributed by atoms with E-state index >= 15 is 0 Å². The van der Waals surface area contributed by atoms with Crippen molar-refractivity contribution in [3.8, 4) is 0 Å². The fourth-order valence-corrected chi connectivity index (χ4v) is 4.65. The minimum absolute atomic E-state index is 0.0561. The molecule has 2 rings (SSSR count). The van der Waals surface area contributed by atoms with E-state index in [-0.39, 0.29) is 34.1 Å². The molecule has 1 aromatic carbocycles. The maximum Gasteiger partial charge on any atom is 0.308 e. The maximum atomic E-state index is 12.5. The van der Waals surface area contributed by atoms with Crippen LogP contribution in [0.1, 0.15) is 6.92 Å². The zero-order valence-corrected chi connectivity index (χ0v) is 13.9. The maximum absolute atomic E-state index is 12.5. The molecule has 0 saturated carbocycles. The minimum atomic E-state index is -3.89. The molecule has 0 radical (unpaired) electrons. The summed E-state index contributed by atoms with van der Waals surface area (Å²) in [4.78, 5) is 21.1. The average molecular weight is 393 g/mol. The second kappa shape index (κ2) is 5.94. The van der Waals surface area contributed by atoms with Crippen molar-refractivity contribution in [2.45, 2.75) is 11.8 Å². The van der Waals surface area contributed by atoms with Gasteiger partial charge in [-0.25, -0.2) is 8.42 Å². The molecular weight excluding hydrogens is 380 g/mol. The van der Waals surface area contributed by atoms with Crippen molar-refractivity contribution in [2.75, 3.05) is 13.1 Å². The number of nitro groups is 1. The van der Waals surface area contributed by atoms with Gasteiger partial charge in [-0.2, -0.15) is 4.31 Å². The van der Waals surface area contributed by atoms with Gasteiger partial charge >= 0.3 is 5.97 Å². The first-order valence-corrected chi connectivity index (χ1v) is 8.54. The third kappa shape index (κ3) is 2.99. The number of hydrogen-bond donors (Lipinski definition) is 1. The molecular formula is C12H13BrN2O6S. The normalized spacial score (nSPS) is 22.6. The van der Waals surface area contributed by atoms with Gasteiger partial charge in [-0.1, -0.05) is 6.92 Å². The van der Waals surface area contributed by atoms with Crippen molar-refractivity contribution in [1.82, 2.24) is 4.31 Å². The van der Waals surface area contributed by atoms with Gasteiger partial charge in [-0.15, -0.1) is 0 Å². The van der Waals surface area contributed by atoms with Crippen LogP contribution in [0, 0.1) is 22.0 Å². The van der Waals surface area contributed by atoms with Crippen molar-refractivity contribution in [2.24, 2.45) is 11.8 Å². The lowest BCUT2D eigenvalue weighted by molar-refractivity contribution is -0.385. The molecule has 1 aliphatic rings. The first-order valence-electron chi connectivity index (χ1n) is 6.31. The van der Waals surface area contributed by atoms with Gasteiger partial charge in [0.2, 0.25) is 10.0 Å². The number of benzene rings is 1. The molecule has 0 spiro atoms. The summed E-state index contributed by atoms with van der Waals surface area (Å²) in [6.45, 7) is 1.68. The van der Waals surface area contributed by atoms with Crippen molar-refractivity contribution in [1.29, 1.82) is 0 Å². The van der Waals surface area contributed by atoms with E-state index < -0.39 is 26.8 Å². The van der Waals surface area contributed by atoms with Gasteiger partial charge in [0.25, 0.3) is 5.69 Å². The summed E-state index contributed by atoms with van der Waals surface area (Å²) in [7, 11) is -3.89. The molecule has 1 aromatic rings. The molecule has 0 bridgehead atoms. The SMILES string of the molecule is C[C@@H]1CN(S(=O)(=O)c2ccc([N+](=O)[O-])c(Br)c2)C[C@H]1C(=O)O. The topological polar surface area (TPSA) is 118 Å². The number of aliphatic carboxylic acids is 1. The molecule has 2 atom stereocenters. The first kappa shape index (κ1) is 16.8. The number of carbonyl (C=O) groups is 1. The summed E-state index contributed by atoms with van der Waals surface area (Å²) in [5.41, 5.74) is -0.239. The van der Waals surface area contributed by atoms with E-state index in [1.807, 2.05) is 0 Å². The van der Waals surface area contributed by atoms with Gasteiger partial charge in [-0.3, -0.25) is 14.9 Å². The molecule has 1 heterocycles. The zero-order chi connectivity index (χ0) is 16.7. The largest absolute Gasteiger partial charge is 0.481 e. The van der Waals surface area contributed by atoms with Gasteiger partial charge < -0.3 is 5.11 Å². The van der Waals surface area contributed by atoms with Crippen LogP contribution in [-0.4, -0.2) is 41.8 Å². The second-order valence-electron chi connectivity index (χ2n) is 5.11. The predicted octanol–water partition coefficient (Wildman–Crippen LogP) is 1.70. The summed E-state index contributed by atoms with van der Waals surface area (Å²) in [6, 6.07) is 3.41. The molecule has 8 nitrogen and oxygen atoms in total. The number of nitrogens with zero attached hydrogens (tertiary/aromatic N) is 2. The highest BCUT2D eigenvalue weighted by Crippen LogP contribution is 2.32. The molecule has 22 heavy (non-hydrogen) atoms. The van der Waals surface area contributed by atoms with Gasteiger partial charge in [0.15, 0.2) is 0 Å². The summed E-state index contributed by atoms with van der Waals surface area (Å²) in [5, 5.41) is 19.8. The second-order valence-corrected chi connectivity index (χ2v) is 7.91. The lowest BCUT2D eigenvalue weighted by atomic mass is 9.99. The molecule has 0 amide bonds. The van der Waals surface area contributed by atoms with Gasteiger partial charge in [-0.05, 0) is 34.0 Å². The third-order valence-electron chi connectivity index (χ3n) is 3.65. The van der Waals surface area contributed by atoms with Crippen LogP contribution < -0.4 is 0 Å². The van der Waals surface area contributed by atoms with Gasteiger partial charge in [0.1, 0.15) is 0 Å². The highest BCUT2D eigenvalue weighted by Gasteiger charge is 2.40. The summed E-state index contributed by atoms with van der Waals surface area (Å²) in [6.07, 6.45) is 0. The lowest BCUT2D eigenvalue weighted by Gasteiger charge is -2.16. The number of nitro benzene ring substituents is 1. The van der Waals surface area contributed by atoms with Crippen LogP contribution in [0.5, 0.6) is 0 Å². The predicted molar refractivity (Wildman–Crippen MR) is 79.8 cm³/mol. The minimum Gasteiger partial charge on any atom is -0.481 e. The van der Waals surface area contributed by atoms with Gasteiger partial charge in [0, 0.05) is 19.2 Å². The Hall–Kier alpha value is -1.52. The van der Waals surface area contributed by atoms with E-state index in [0.717, 1.165) is 22.5 Å². The fourth-order valence-electron chi connectivity index (χ4n) is 2.39. The monoisotopic (exact) mass is 392 g/mol. The summed E-state index contributed by atoms with van der Waals surface area (Å²) < 4.78 is 26.2. The first-order chi connectivity index (χ1) is 10.1. The van der Waals surface area contributed by atoms with E-state index in [1.54, 1.807) is 6.92 Å². The molecule has 1 fully saturated rings. The van der Waals surface area contributed by atoms with E-state index in [4.69, 9.17) is 5.11 Å². The van der Waals surface area contributed by atoms with Crippen molar-refractivity contribution < 1.29 is 23.2 Å². The number of halogens is 1. The van der Waals surface area contributed by atoms with Crippen LogP contribution in [0.15, 0.2) is 27.6 Å². The molecule has 1 aliphatic heterocycles. The Kier molecular flexibility index (Phi) is 4.54. The van der Waals surface area contributed by atoms with Crippen LogP contribution in [0.3, 0.4) is 0 Å². The van der Waals surface area contributed by atoms with Crippen molar-refractivity contribution in [3.05, 3.63) is 32.8 Å². The summed E-state index contributed by atoms with van der Waals surface area (Å²) >= 11 is 2.98. The Bertz CT molecular complexity index is 735. The zero-order valence-electron chi connectivity index (χ0n) is 11.5. The van der Waals surface area contributed by atoms with E-state index in [0.29, 0.717) is 0 Å².